The second kappa shape index (κ2) is 6.07. The summed E-state index contributed by atoms with van der Waals surface area (Å²) in [6.07, 6.45) is 5.03. The van der Waals surface area contributed by atoms with Crippen LogP contribution in [0.3, 0.4) is 0 Å². The Morgan fingerprint density at radius 2 is 2.29 bits per heavy atom. The zero-order valence-electron chi connectivity index (χ0n) is 10.1. The van der Waals surface area contributed by atoms with E-state index in [0.717, 1.165) is 24.3 Å². The highest BCUT2D eigenvalue weighted by Gasteiger charge is 2.16. The quantitative estimate of drug-likeness (QED) is 0.547. The number of nitrogen functional groups attached to an aromatic ring is 1. The summed E-state index contributed by atoms with van der Waals surface area (Å²) in [5, 5.41) is 4.13. The topological polar surface area (TPSA) is 75.9 Å². The van der Waals surface area contributed by atoms with Crippen LogP contribution in [0.25, 0.3) is 0 Å². The molecule has 0 aromatic carbocycles. The predicted octanol–water partition coefficient (Wildman–Crippen LogP) is 1.63. The first kappa shape index (κ1) is 12.4. The van der Waals surface area contributed by atoms with Gasteiger partial charge < -0.3 is 10.7 Å². The molecule has 1 aromatic rings. The van der Waals surface area contributed by atoms with Crippen LogP contribution >= 0.6 is 11.8 Å². The molecule has 1 aromatic heterocycles. The molecule has 0 bridgehead atoms. The SMILES string of the molecule is CCc1c(NN)ncnc1NCC1CCCS1. The lowest BCUT2D eigenvalue weighted by molar-refractivity contribution is 0.801. The van der Waals surface area contributed by atoms with Gasteiger partial charge in [-0.25, -0.2) is 15.8 Å². The molecule has 17 heavy (non-hydrogen) atoms. The van der Waals surface area contributed by atoms with Crippen molar-refractivity contribution in [3.05, 3.63) is 11.9 Å². The van der Waals surface area contributed by atoms with Gasteiger partial charge in [-0.15, -0.1) is 0 Å². The molecule has 0 radical (unpaired) electrons. The van der Waals surface area contributed by atoms with E-state index in [1.54, 1.807) is 6.33 Å². The number of rotatable bonds is 5. The zero-order valence-corrected chi connectivity index (χ0v) is 10.9. The van der Waals surface area contributed by atoms with Crippen LogP contribution in [0.4, 0.5) is 11.6 Å². The van der Waals surface area contributed by atoms with Crippen LogP contribution in [0, 0.1) is 0 Å². The van der Waals surface area contributed by atoms with E-state index in [1.807, 2.05) is 11.8 Å². The Balaban J connectivity index is 2.03. The summed E-state index contributed by atoms with van der Waals surface area (Å²) in [7, 11) is 0. The van der Waals surface area contributed by atoms with Gasteiger partial charge in [0.25, 0.3) is 0 Å². The Hall–Kier alpha value is -1.01. The third-order valence-corrected chi connectivity index (χ3v) is 4.35. The second-order valence-corrected chi connectivity index (χ2v) is 5.47. The lowest BCUT2D eigenvalue weighted by Gasteiger charge is -2.14. The van der Waals surface area contributed by atoms with Gasteiger partial charge in [-0.1, -0.05) is 6.92 Å². The molecule has 2 heterocycles. The van der Waals surface area contributed by atoms with Crippen molar-refractivity contribution in [1.29, 1.82) is 0 Å². The highest BCUT2D eigenvalue weighted by molar-refractivity contribution is 8.00. The summed E-state index contributed by atoms with van der Waals surface area (Å²) in [6.45, 7) is 3.05. The summed E-state index contributed by atoms with van der Waals surface area (Å²) >= 11 is 2.04. The molecular weight excluding hydrogens is 234 g/mol. The van der Waals surface area contributed by atoms with Gasteiger partial charge in [0.1, 0.15) is 18.0 Å². The summed E-state index contributed by atoms with van der Waals surface area (Å²) in [4.78, 5) is 8.41. The Bertz CT molecular complexity index is 365. The van der Waals surface area contributed by atoms with E-state index >= 15 is 0 Å². The van der Waals surface area contributed by atoms with E-state index in [2.05, 4.69) is 27.6 Å². The Kier molecular flexibility index (Phi) is 4.44. The molecule has 1 aliphatic heterocycles. The number of hydrogen-bond acceptors (Lipinski definition) is 6. The predicted molar refractivity (Wildman–Crippen MR) is 73.2 cm³/mol. The van der Waals surface area contributed by atoms with E-state index in [0.29, 0.717) is 11.1 Å². The lowest BCUT2D eigenvalue weighted by Crippen LogP contribution is -2.18. The van der Waals surface area contributed by atoms with Gasteiger partial charge in [0, 0.05) is 17.4 Å². The van der Waals surface area contributed by atoms with Crippen LogP contribution in [0.2, 0.25) is 0 Å². The van der Waals surface area contributed by atoms with Gasteiger partial charge in [0.2, 0.25) is 0 Å². The fourth-order valence-electron chi connectivity index (χ4n) is 2.04. The second-order valence-electron chi connectivity index (χ2n) is 4.06. The molecular formula is C11H19N5S. The maximum Gasteiger partial charge on any atom is 0.148 e. The first-order valence-corrected chi connectivity index (χ1v) is 7.06. The number of hydrogen-bond donors (Lipinski definition) is 3. The average molecular weight is 253 g/mol. The lowest BCUT2D eigenvalue weighted by atomic mass is 10.2. The van der Waals surface area contributed by atoms with Crippen LogP contribution in [-0.4, -0.2) is 27.5 Å². The monoisotopic (exact) mass is 253 g/mol. The molecule has 1 atom stereocenters. The summed E-state index contributed by atoms with van der Waals surface area (Å²) < 4.78 is 0. The van der Waals surface area contributed by atoms with Crippen LogP contribution < -0.4 is 16.6 Å². The minimum absolute atomic E-state index is 0.712. The zero-order chi connectivity index (χ0) is 12.1. The largest absolute Gasteiger partial charge is 0.369 e. The molecule has 0 saturated carbocycles. The minimum atomic E-state index is 0.712. The molecule has 0 spiro atoms. The Morgan fingerprint density at radius 1 is 1.47 bits per heavy atom. The summed E-state index contributed by atoms with van der Waals surface area (Å²) in [6, 6.07) is 0. The number of thioether (sulfide) groups is 1. The van der Waals surface area contributed by atoms with E-state index in [4.69, 9.17) is 5.84 Å². The molecule has 6 heteroatoms. The van der Waals surface area contributed by atoms with Gasteiger partial charge in [-0.3, -0.25) is 0 Å². The highest BCUT2D eigenvalue weighted by Crippen LogP contribution is 2.27. The first-order valence-electron chi connectivity index (χ1n) is 6.01. The van der Waals surface area contributed by atoms with E-state index in [-0.39, 0.29) is 0 Å². The van der Waals surface area contributed by atoms with Gasteiger partial charge in [0.05, 0.1) is 0 Å². The van der Waals surface area contributed by atoms with Crippen molar-refractivity contribution in [2.45, 2.75) is 31.4 Å². The third kappa shape index (κ3) is 3.01. The van der Waals surface area contributed by atoms with Crippen molar-refractivity contribution in [1.82, 2.24) is 9.97 Å². The van der Waals surface area contributed by atoms with Crippen molar-refractivity contribution < 1.29 is 0 Å². The fraction of sp³-hybridized carbons (Fsp3) is 0.636. The molecule has 4 N–H and O–H groups in total. The summed E-state index contributed by atoms with van der Waals surface area (Å²) in [5.41, 5.74) is 3.67. The third-order valence-electron chi connectivity index (χ3n) is 2.96. The van der Waals surface area contributed by atoms with Gasteiger partial charge in [-0.05, 0) is 25.0 Å². The number of nitrogens with zero attached hydrogens (tertiary/aromatic N) is 2. The molecule has 0 aliphatic carbocycles. The molecule has 5 nitrogen and oxygen atoms in total. The van der Waals surface area contributed by atoms with Crippen LogP contribution in [0.15, 0.2) is 6.33 Å². The molecule has 1 saturated heterocycles. The molecule has 1 fully saturated rings. The summed E-state index contributed by atoms with van der Waals surface area (Å²) in [5.74, 6) is 8.34. The molecule has 0 amide bonds. The fourth-order valence-corrected chi connectivity index (χ4v) is 3.24. The van der Waals surface area contributed by atoms with Crippen LogP contribution in [0.1, 0.15) is 25.3 Å². The number of nitrogens with one attached hydrogen (secondary N) is 2. The standard InChI is InChI=1S/C11H19N5S/c1-2-9-10(14-7-15-11(9)16-12)13-6-8-4-3-5-17-8/h7-8H,2-6,12H2,1H3,(H2,13,14,15,16). The molecule has 94 valence electrons. The van der Waals surface area contributed by atoms with E-state index in [9.17, 15) is 0 Å². The van der Waals surface area contributed by atoms with Crippen LogP contribution in [0.5, 0.6) is 0 Å². The maximum atomic E-state index is 5.44. The normalized spacial score (nSPS) is 19.3. The molecule has 1 aliphatic rings. The van der Waals surface area contributed by atoms with Crippen LogP contribution in [-0.2, 0) is 6.42 Å². The van der Waals surface area contributed by atoms with Crippen molar-refractivity contribution in [3.8, 4) is 0 Å². The van der Waals surface area contributed by atoms with Gasteiger partial charge >= 0.3 is 0 Å². The van der Waals surface area contributed by atoms with Crippen molar-refractivity contribution in [2.75, 3.05) is 23.0 Å². The van der Waals surface area contributed by atoms with Gasteiger partial charge in [0.15, 0.2) is 0 Å². The van der Waals surface area contributed by atoms with Crippen molar-refractivity contribution in [3.63, 3.8) is 0 Å². The Labute approximate surface area is 106 Å². The smallest absolute Gasteiger partial charge is 0.148 e. The number of aromatic nitrogens is 2. The minimum Gasteiger partial charge on any atom is -0.369 e. The molecule has 2 rings (SSSR count). The highest BCUT2D eigenvalue weighted by atomic mass is 32.2. The maximum absolute atomic E-state index is 5.44. The first-order chi connectivity index (χ1) is 8.35. The number of anilines is 2. The average Bonchev–Trinajstić information content (AvgIpc) is 2.88. The molecule has 1 unspecified atom stereocenters. The van der Waals surface area contributed by atoms with Crippen molar-refractivity contribution in [2.24, 2.45) is 5.84 Å². The van der Waals surface area contributed by atoms with E-state index < -0.39 is 0 Å². The number of hydrazine groups is 1. The van der Waals surface area contributed by atoms with Crippen molar-refractivity contribution >= 4 is 23.4 Å². The van der Waals surface area contributed by atoms with Gasteiger partial charge in [-0.2, -0.15) is 11.8 Å². The Morgan fingerprint density at radius 3 is 2.94 bits per heavy atom. The van der Waals surface area contributed by atoms with E-state index in [1.165, 1.54) is 18.6 Å². The number of nitrogens with two attached hydrogens (primary N) is 1.